The van der Waals surface area contributed by atoms with Crippen molar-refractivity contribution < 1.29 is 4.79 Å². The summed E-state index contributed by atoms with van der Waals surface area (Å²) in [5, 5.41) is 9.23. The van der Waals surface area contributed by atoms with Crippen molar-refractivity contribution in [2.45, 2.75) is 24.9 Å². The minimum absolute atomic E-state index is 0.0102. The minimum Gasteiger partial charge on any atom is -0.334 e. The van der Waals surface area contributed by atoms with Crippen LogP contribution in [0.3, 0.4) is 0 Å². The first-order chi connectivity index (χ1) is 7.24. The molecule has 2 amide bonds. The van der Waals surface area contributed by atoms with E-state index in [1.807, 2.05) is 0 Å². The van der Waals surface area contributed by atoms with Crippen LogP contribution >= 0.6 is 0 Å². The fraction of sp³-hybridized carbons (Fsp3) is 0.900. The second kappa shape index (κ2) is 4.81. The van der Waals surface area contributed by atoms with E-state index in [1.54, 1.807) is 0 Å². The molecule has 0 aromatic heterocycles. The number of amides is 2. The summed E-state index contributed by atoms with van der Waals surface area (Å²) in [4.78, 5) is 13.8. The molecule has 2 saturated heterocycles. The van der Waals surface area contributed by atoms with Gasteiger partial charge in [-0.25, -0.2) is 4.79 Å². The van der Waals surface area contributed by atoms with Gasteiger partial charge in [0.1, 0.15) is 0 Å². The quantitative estimate of drug-likeness (QED) is 0.570. The molecule has 3 N–H and O–H groups in total. The number of hydrogen-bond donors (Lipinski definition) is 3. The summed E-state index contributed by atoms with van der Waals surface area (Å²) in [6.07, 6.45) is 2.10. The molecule has 0 spiro atoms. The van der Waals surface area contributed by atoms with Crippen LogP contribution in [-0.2, 0) is 0 Å². The lowest BCUT2D eigenvalue weighted by atomic mass is 10.2. The molecule has 0 aliphatic carbocycles. The number of carbonyl (C=O) groups is 1. The van der Waals surface area contributed by atoms with E-state index in [4.69, 9.17) is 0 Å². The van der Waals surface area contributed by atoms with Gasteiger partial charge < -0.3 is 20.9 Å². The van der Waals surface area contributed by atoms with E-state index in [-0.39, 0.29) is 6.03 Å². The summed E-state index contributed by atoms with van der Waals surface area (Å²) in [5.74, 6) is 0. The summed E-state index contributed by atoms with van der Waals surface area (Å²) in [6, 6.07) is 0.623. The Bertz CT molecular complexity index is 227. The largest absolute Gasteiger partial charge is 0.334 e. The maximum atomic E-state index is 11.6. The lowest BCUT2D eigenvalue weighted by Crippen LogP contribution is -2.47. The van der Waals surface area contributed by atoms with Gasteiger partial charge >= 0.3 is 6.03 Å². The first kappa shape index (κ1) is 10.7. The molecule has 2 aliphatic heterocycles. The monoisotopic (exact) mass is 212 g/mol. The van der Waals surface area contributed by atoms with Crippen LogP contribution in [0, 0.1) is 0 Å². The average molecular weight is 212 g/mol. The van der Waals surface area contributed by atoms with Crippen molar-refractivity contribution in [2.24, 2.45) is 0 Å². The molecule has 0 saturated carbocycles. The maximum Gasteiger partial charge on any atom is 0.315 e. The summed E-state index contributed by atoms with van der Waals surface area (Å²) >= 11 is 0. The highest BCUT2D eigenvalue weighted by Crippen LogP contribution is 2.05. The average Bonchev–Trinajstić information content (AvgIpc) is 2.77. The van der Waals surface area contributed by atoms with E-state index in [0.717, 1.165) is 39.0 Å². The normalized spacial score (nSPS) is 31.8. The third-order valence-corrected chi connectivity index (χ3v) is 3.12. The maximum absolute atomic E-state index is 11.6. The SMILES string of the molecule is CN1CCC(NC(=O)NC2CCNC2)C1. The molecule has 2 rings (SSSR count). The molecule has 0 aromatic rings. The highest BCUT2D eigenvalue weighted by Gasteiger charge is 2.22. The molecule has 2 heterocycles. The lowest BCUT2D eigenvalue weighted by Gasteiger charge is -2.16. The predicted molar refractivity (Wildman–Crippen MR) is 58.8 cm³/mol. The molecule has 2 unspecified atom stereocenters. The number of nitrogens with zero attached hydrogens (tertiary/aromatic N) is 1. The second-order valence-electron chi connectivity index (χ2n) is 4.56. The van der Waals surface area contributed by atoms with Gasteiger partial charge in [-0.05, 0) is 33.0 Å². The van der Waals surface area contributed by atoms with Gasteiger partial charge in [-0.3, -0.25) is 0 Å². The van der Waals surface area contributed by atoms with Crippen molar-refractivity contribution in [1.29, 1.82) is 0 Å². The van der Waals surface area contributed by atoms with Crippen molar-refractivity contribution in [1.82, 2.24) is 20.9 Å². The zero-order chi connectivity index (χ0) is 10.7. The molecule has 0 radical (unpaired) electrons. The molecule has 86 valence electrons. The van der Waals surface area contributed by atoms with E-state index < -0.39 is 0 Å². The van der Waals surface area contributed by atoms with E-state index in [2.05, 4.69) is 27.9 Å². The van der Waals surface area contributed by atoms with Gasteiger partial charge in [0, 0.05) is 25.2 Å². The van der Waals surface area contributed by atoms with Crippen LogP contribution in [0.15, 0.2) is 0 Å². The van der Waals surface area contributed by atoms with E-state index in [9.17, 15) is 4.79 Å². The molecule has 0 bridgehead atoms. The van der Waals surface area contributed by atoms with Gasteiger partial charge in [0.2, 0.25) is 0 Å². The number of hydrogen-bond acceptors (Lipinski definition) is 3. The first-order valence-electron chi connectivity index (χ1n) is 5.70. The Morgan fingerprint density at radius 3 is 2.73 bits per heavy atom. The van der Waals surface area contributed by atoms with Crippen LogP contribution in [0.25, 0.3) is 0 Å². The Morgan fingerprint density at radius 2 is 2.13 bits per heavy atom. The van der Waals surface area contributed by atoms with Crippen molar-refractivity contribution in [3.63, 3.8) is 0 Å². The number of likely N-dealkylation sites (tertiary alicyclic amines) is 1. The molecule has 2 atom stereocenters. The van der Waals surface area contributed by atoms with Crippen molar-refractivity contribution in [3.05, 3.63) is 0 Å². The standard InChI is InChI=1S/C10H20N4O/c1-14-5-3-9(7-14)13-10(15)12-8-2-4-11-6-8/h8-9,11H,2-7H2,1H3,(H2,12,13,15). The number of nitrogens with one attached hydrogen (secondary N) is 3. The fourth-order valence-corrected chi connectivity index (χ4v) is 2.24. The topological polar surface area (TPSA) is 56.4 Å². The third-order valence-electron chi connectivity index (χ3n) is 3.12. The Labute approximate surface area is 90.6 Å². The van der Waals surface area contributed by atoms with E-state index >= 15 is 0 Å². The van der Waals surface area contributed by atoms with Crippen LogP contribution in [0.4, 0.5) is 4.79 Å². The smallest absolute Gasteiger partial charge is 0.315 e. The van der Waals surface area contributed by atoms with E-state index in [0.29, 0.717) is 12.1 Å². The molecule has 2 fully saturated rings. The van der Waals surface area contributed by atoms with Crippen LogP contribution in [0.1, 0.15) is 12.8 Å². The molecule has 0 aromatic carbocycles. The molecule has 5 heteroatoms. The van der Waals surface area contributed by atoms with Crippen LogP contribution in [0.2, 0.25) is 0 Å². The Balaban J connectivity index is 1.67. The Morgan fingerprint density at radius 1 is 1.33 bits per heavy atom. The molecular formula is C10H20N4O. The summed E-state index contributed by atoms with van der Waals surface area (Å²) in [5.41, 5.74) is 0. The number of rotatable bonds is 2. The van der Waals surface area contributed by atoms with Gasteiger partial charge in [-0.15, -0.1) is 0 Å². The highest BCUT2D eigenvalue weighted by molar-refractivity contribution is 5.74. The number of urea groups is 1. The van der Waals surface area contributed by atoms with E-state index in [1.165, 1.54) is 0 Å². The zero-order valence-corrected chi connectivity index (χ0v) is 9.25. The number of carbonyl (C=O) groups excluding carboxylic acids is 1. The summed E-state index contributed by atoms with van der Waals surface area (Å²) < 4.78 is 0. The van der Waals surface area contributed by atoms with Crippen LogP contribution < -0.4 is 16.0 Å². The third kappa shape index (κ3) is 3.07. The van der Waals surface area contributed by atoms with Crippen molar-refractivity contribution >= 4 is 6.03 Å². The molecule has 2 aliphatic rings. The highest BCUT2D eigenvalue weighted by atomic mass is 16.2. The Kier molecular flexibility index (Phi) is 3.43. The van der Waals surface area contributed by atoms with Gasteiger partial charge in [-0.1, -0.05) is 0 Å². The van der Waals surface area contributed by atoms with Gasteiger partial charge in [-0.2, -0.15) is 0 Å². The minimum atomic E-state index is -0.0102. The molecular weight excluding hydrogens is 192 g/mol. The van der Waals surface area contributed by atoms with Crippen LogP contribution in [-0.4, -0.2) is 56.2 Å². The van der Waals surface area contributed by atoms with Gasteiger partial charge in [0.05, 0.1) is 0 Å². The van der Waals surface area contributed by atoms with Crippen molar-refractivity contribution in [2.75, 3.05) is 33.2 Å². The van der Waals surface area contributed by atoms with Crippen LogP contribution in [0.5, 0.6) is 0 Å². The van der Waals surface area contributed by atoms with Gasteiger partial charge in [0.25, 0.3) is 0 Å². The summed E-state index contributed by atoms with van der Waals surface area (Å²) in [6.45, 7) is 3.96. The van der Waals surface area contributed by atoms with Crippen molar-refractivity contribution in [3.8, 4) is 0 Å². The number of likely N-dealkylation sites (N-methyl/N-ethyl adjacent to an activating group) is 1. The molecule has 15 heavy (non-hydrogen) atoms. The predicted octanol–water partition coefficient (Wildman–Crippen LogP) is -0.648. The first-order valence-corrected chi connectivity index (χ1v) is 5.70. The second-order valence-corrected chi connectivity index (χ2v) is 4.56. The van der Waals surface area contributed by atoms with Gasteiger partial charge in [0.15, 0.2) is 0 Å². The summed E-state index contributed by atoms with van der Waals surface area (Å²) in [7, 11) is 2.08. The Hall–Kier alpha value is -0.810. The zero-order valence-electron chi connectivity index (χ0n) is 9.25. The lowest BCUT2D eigenvalue weighted by molar-refractivity contribution is 0.233. The molecule has 5 nitrogen and oxygen atoms in total. The fourth-order valence-electron chi connectivity index (χ4n) is 2.24.